The molecule has 0 aliphatic carbocycles. The molecule has 4 heteroatoms. The van der Waals surface area contributed by atoms with Gasteiger partial charge in [-0.1, -0.05) is 36.8 Å². The van der Waals surface area contributed by atoms with Crippen LogP contribution in [0.1, 0.15) is 24.5 Å². The molecule has 0 radical (unpaired) electrons. The van der Waals surface area contributed by atoms with Crippen molar-refractivity contribution >= 4 is 5.91 Å². The Hall–Kier alpha value is -1.39. The summed E-state index contributed by atoms with van der Waals surface area (Å²) in [7, 11) is 0. The van der Waals surface area contributed by atoms with E-state index in [1.54, 1.807) is 0 Å². The zero-order valence-corrected chi connectivity index (χ0v) is 13.1. The van der Waals surface area contributed by atoms with Crippen molar-refractivity contribution in [2.45, 2.75) is 32.8 Å². The Labute approximate surface area is 127 Å². The highest BCUT2D eigenvalue weighted by molar-refractivity contribution is 5.78. The Morgan fingerprint density at radius 3 is 2.38 bits per heavy atom. The van der Waals surface area contributed by atoms with Crippen LogP contribution in [-0.2, 0) is 11.2 Å². The maximum Gasteiger partial charge on any atom is 0.227 e. The summed E-state index contributed by atoms with van der Waals surface area (Å²) >= 11 is 0. The van der Waals surface area contributed by atoms with Gasteiger partial charge in [0, 0.05) is 32.7 Å². The number of rotatable bonds is 5. The monoisotopic (exact) mass is 290 g/mol. The fraction of sp³-hybridized carbons (Fsp3) is 0.588. The fourth-order valence-corrected chi connectivity index (χ4v) is 2.60. The largest absolute Gasteiger partial charge is 0.392 e. The lowest BCUT2D eigenvalue weighted by molar-refractivity contribution is -0.132. The van der Waals surface area contributed by atoms with Gasteiger partial charge in [-0.3, -0.25) is 9.69 Å². The molecule has 1 aromatic carbocycles. The summed E-state index contributed by atoms with van der Waals surface area (Å²) < 4.78 is 0. The molecule has 1 fully saturated rings. The van der Waals surface area contributed by atoms with Crippen molar-refractivity contribution in [2.24, 2.45) is 0 Å². The first-order valence-electron chi connectivity index (χ1n) is 7.82. The lowest BCUT2D eigenvalue weighted by Gasteiger charge is -2.35. The Morgan fingerprint density at radius 2 is 1.81 bits per heavy atom. The van der Waals surface area contributed by atoms with Gasteiger partial charge in [0.1, 0.15) is 0 Å². The maximum absolute atomic E-state index is 12.3. The number of benzene rings is 1. The van der Waals surface area contributed by atoms with Crippen LogP contribution in [0.25, 0.3) is 0 Å². The summed E-state index contributed by atoms with van der Waals surface area (Å²) in [4.78, 5) is 16.5. The van der Waals surface area contributed by atoms with Crippen LogP contribution in [0.3, 0.4) is 0 Å². The van der Waals surface area contributed by atoms with Crippen LogP contribution >= 0.6 is 0 Å². The Balaban J connectivity index is 1.79. The highest BCUT2D eigenvalue weighted by Gasteiger charge is 2.22. The van der Waals surface area contributed by atoms with E-state index in [2.05, 4.69) is 11.8 Å². The van der Waals surface area contributed by atoms with Crippen molar-refractivity contribution in [1.82, 2.24) is 9.80 Å². The summed E-state index contributed by atoms with van der Waals surface area (Å²) in [6, 6.07) is 8.15. The third-order valence-corrected chi connectivity index (χ3v) is 4.14. The number of hydrogen-bond acceptors (Lipinski definition) is 3. The molecule has 0 aromatic heterocycles. The first kappa shape index (κ1) is 16.0. The quantitative estimate of drug-likeness (QED) is 0.893. The molecule has 4 nitrogen and oxygen atoms in total. The summed E-state index contributed by atoms with van der Waals surface area (Å²) in [5, 5.41) is 9.68. The van der Waals surface area contributed by atoms with E-state index >= 15 is 0 Å². The molecule has 1 aromatic rings. The lowest BCUT2D eigenvalue weighted by Crippen LogP contribution is -2.50. The van der Waals surface area contributed by atoms with E-state index in [4.69, 9.17) is 0 Å². The number of β-amino-alcohol motifs (C(OH)–C–C–N with tert-alkyl or cyclic N) is 1. The number of carbonyl (C=O) groups excluding carboxylic acids is 1. The van der Waals surface area contributed by atoms with Crippen LogP contribution < -0.4 is 0 Å². The minimum absolute atomic E-state index is 0.203. The van der Waals surface area contributed by atoms with Gasteiger partial charge in [-0.2, -0.15) is 0 Å². The molecular formula is C17H26N2O2. The van der Waals surface area contributed by atoms with Crippen molar-refractivity contribution in [3.63, 3.8) is 0 Å². The first-order chi connectivity index (χ1) is 10.1. The van der Waals surface area contributed by atoms with Crippen LogP contribution in [0.5, 0.6) is 0 Å². The van der Waals surface area contributed by atoms with Crippen LogP contribution in [0, 0.1) is 6.92 Å². The number of hydrogen-bond donors (Lipinski definition) is 1. The van der Waals surface area contributed by atoms with Gasteiger partial charge in [-0.15, -0.1) is 0 Å². The predicted molar refractivity (Wildman–Crippen MR) is 84.2 cm³/mol. The molecule has 1 saturated heterocycles. The molecule has 0 saturated carbocycles. The van der Waals surface area contributed by atoms with Crippen molar-refractivity contribution in [3.05, 3.63) is 35.4 Å². The Morgan fingerprint density at radius 1 is 1.19 bits per heavy atom. The number of amides is 1. The molecule has 0 bridgehead atoms. The molecule has 2 rings (SSSR count). The second-order valence-electron chi connectivity index (χ2n) is 5.91. The number of aliphatic hydroxyl groups is 1. The number of nitrogens with zero attached hydrogens (tertiary/aromatic N) is 2. The van der Waals surface area contributed by atoms with Crippen LogP contribution in [0.15, 0.2) is 24.3 Å². The molecule has 21 heavy (non-hydrogen) atoms. The molecule has 0 spiro atoms. The third-order valence-electron chi connectivity index (χ3n) is 4.14. The summed E-state index contributed by atoms with van der Waals surface area (Å²) in [5.41, 5.74) is 2.30. The molecule has 1 amide bonds. The SMILES string of the molecule is CCC(O)CN1CCN(C(=O)Cc2ccc(C)cc2)CC1. The lowest BCUT2D eigenvalue weighted by atomic mass is 10.1. The van der Waals surface area contributed by atoms with Gasteiger partial charge in [-0.25, -0.2) is 0 Å². The number of piperazine rings is 1. The van der Waals surface area contributed by atoms with Crippen LogP contribution in [0.4, 0.5) is 0 Å². The summed E-state index contributed by atoms with van der Waals surface area (Å²) in [6.45, 7) is 8.01. The molecule has 1 unspecified atom stereocenters. The molecule has 1 N–H and O–H groups in total. The number of aliphatic hydroxyl groups excluding tert-OH is 1. The van der Waals surface area contributed by atoms with Crippen molar-refractivity contribution in [2.75, 3.05) is 32.7 Å². The van der Waals surface area contributed by atoms with E-state index in [1.165, 1.54) is 5.56 Å². The zero-order valence-electron chi connectivity index (χ0n) is 13.1. The maximum atomic E-state index is 12.3. The van der Waals surface area contributed by atoms with Gasteiger partial charge in [0.25, 0.3) is 0 Å². The van der Waals surface area contributed by atoms with Crippen LogP contribution in [-0.4, -0.2) is 59.6 Å². The molecule has 1 aliphatic heterocycles. The van der Waals surface area contributed by atoms with Gasteiger partial charge in [0.15, 0.2) is 0 Å². The highest BCUT2D eigenvalue weighted by atomic mass is 16.3. The van der Waals surface area contributed by atoms with Crippen molar-refractivity contribution in [1.29, 1.82) is 0 Å². The average molecular weight is 290 g/mol. The number of carbonyl (C=O) groups is 1. The van der Waals surface area contributed by atoms with E-state index in [1.807, 2.05) is 36.1 Å². The molecule has 1 heterocycles. The second-order valence-corrected chi connectivity index (χ2v) is 5.91. The Kier molecular flexibility index (Phi) is 5.76. The average Bonchev–Trinajstić information content (AvgIpc) is 2.50. The smallest absolute Gasteiger partial charge is 0.227 e. The second kappa shape index (κ2) is 7.57. The van der Waals surface area contributed by atoms with Gasteiger partial charge >= 0.3 is 0 Å². The molecular weight excluding hydrogens is 264 g/mol. The van der Waals surface area contributed by atoms with Crippen LogP contribution in [0.2, 0.25) is 0 Å². The minimum Gasteiger partial charge on any atom is -0.392 e. The van der Waals surface area contributed by atoms with Gasteiger partial charge in [0.2, 0.25) is 5.91 Å². The molecule has 1 atom stereocenters. The third kappa shape index (κ3) is 4.83. The standard InChI is InChI=1S/C17H26N2O2/c1-3-16(20)13-18-8-10-19(11-9-18)17(21)12-15-6-4-14(2)5-7-15/h4-7,16,20H,3,8-13H2,1-2H3. The van der Waals surface area contributed by atoms with Gasteiger partial charge < -0.3 is 10.0 Å². The Bertz CT molecular complexity index is 450. The van der Waals surface area contributed by atoms with E-state index in [0.717, 1.165) is 44.7 Å². The molecule has 116 valence electrons. The minimum atomic E-state index is -0.250. The molecule has 1 aliphatic rings. The zero-order chi connectivity index (χ0) is 15.2. The normalized spacial score (nSPS) is 17.8. The fourth-order valence-electron chi connectivity index (χ4n) is 2.60. The summed E-state index contributed by atoms with van der Waals surface area (Å²) in [6.07, 6.45) is 1.02. The topological polar surface area (TPSA) is 43.8 Å². The van der Waals surface area contributed by atoms with Crippen molar-refractivity contribution in [3.8, 4) is 0 Å². The number of aryl methyl sites for hydroxylation is 1. The highest BCUT2D eigenvalue weighted by Crippen LogP contribution is 2.09. The van der Waals surface area contributed by atoms with Gasteiger partial charge in [0.05, 0.1) is 12.5 Å². The van der Waals surface area contributed by atoms with Crippen molar-refractivity contribution < 1.29 is 9.90 Å². The van der Waals surface area contributed by atoms with E-state index in [9.17, 15) is 9.90 Å². The summed E-state index contributed by atoms with van der Waals surface area (Å²) in [5.74, 6) is 0.203. The van der Waals surface area contributed by atoms with E-state index in [-0.39, 0.29) is 12.0 Å². The van der Waals surface area contributed by atoms with E-state index < -0.39 is 0 Å². The van der Waals surface area contributed by atoms with Gasteiger partial charge in [-0.05, 0) is 18.9 Å². The first-order valence-corrected chi connectivity index (χ1v) is 7.82. The predicted octanol–water partition coefficient (Wildman–Crippen LogP) is 1.45. The van der Waals surface area contributed by atoms with E-state index in [0.29, 0.717) is 6.42 Å².